The number of carbonyl (C=O) groups excluding carboxylic acids is 1. The highest BCUT2D eigenvalue weighted by atomic mass is 16.7. The number of nitrogens with zero attached hydrogens (tertiary/aromatic N) is 2. The lowest BCUT2D eigenvalue weighted by atomic mass is 9.76. The summed E-state index contributed by atoms with van der Waals surface area (Å²) in [6.07, 6.45) is 4.04. The Labute approximate surface area is 170 Å². The predicted molar refractivity (Wildman–Crippen MR) is 115 cm³/mol. The van der Waals surface area contributed by atoms with Crippen LogP contribution >= 0.6 is 0 Å². The largest absolute Gasteiger partial charge is 0.495 e. The van der Waals surface area contributed by atoms with Crippen molar-refractivity contribution in [2.24, 2.45) is 0 Å². The Morgan fingerprint density at radius 2 is 1.79 bits per heavy atom. The molecule has 0 spiro atoms. The van der Waals surface area contributed by atoms with Gasteiger partial charge >= 0.3 is 7.12 Å². The zero-order valence-corrected chi connectivity index (χ0v) is 17.3. The summed E-state index contributed by atoms with van der Waals surface area (Å²) < 4.78 is 12.4. The predicted octanol–water partition coefficient (Wildman–Crippen LogP) is 3.79. The fourth-order valence-electron chi connectivity index (χ4n) is 3.37. The Balaban J connectivity index is 1.69. The van der Waals surface area contributed by atoms with Crippen LogP contribution in [0.5, 0.6) is 0 Å². The molecule has 148 valence electrons. The first-order valence-corrected chi connectivity index (χ1v) is 9.64. The highest BCUT2D eigenvalue weighted by molar-refractivity contribution is 6.62. The van der Waals surface area contributed by atoms with E-state index >= 15 is 0 Å². The molecule has 1 saturated heterocycles. The summed E-state index contributed by atoms with van der Waals surface area (Å²) in [7, 11) is -0.435. The SMILES string of the molecule is Cc1c(Nc2nccc3cc(C=O)cnc23)cccc1B1OC(C)(C)C(C)(C)O1. The molecule has 2 aromatic heterocycles. The van der Waals surface area contributed by atoms with Crippen LogP contribution in [0.2, 0.25) is 0 Å². The number of fused-ring (bicyclic) bond motifs is 1. The quantitative estimate of drug-likeness (QED) is 0.541. The fourth-order valence-corrected chi connectivity index (χ4v) is 3.37. The van der Waals surface area contributed by atoms with E-state index < -0.39 is 18.3 Å². The summed E-state index contributed by atoms with van der Waals surface area (Å²) in [4.78, 5) is 19.9. The lowest BCUT2D eigenvalue weighted by Gasteiger charge is -2.32. The van der Waals surface area contributed by atoms with E-state index in [9.17, 15) is 4.79 Å². The Bertz CT molecular complexity index is 1080. The molecule has 3 heterocycles. The lowest BCUT2D eigenvalue weighted by Crippen LogP contribution is -2.41. The van der Waals surface area contributed by atoms with Gasteiger partial charge in [-0.05, 0) is 63.8 Å². The molecule has 0 radical (unpaired) electrons. The molecule has 0 atom stereocenters. The molecular formula is C22H24BN3O3. The summed E-state index contributed by atoms with van der Waals surface area (Å²) in [6, 6.07) is 9.63. The number of hydrogen-bond donors (Lipinski definition) is 1. The van der Waals surface area contributed by atoms with Crippen LogP contribution < -0.4 is 10.8 Å². The maximum absolute atomic E-state index is 11.0. The Morgan fingerprint density at radius 1 is 1.07 bits per heavy atom. The monoisotopic (exact) mass is 389 g/mol. The molecule has 0 unspecified atom stereocenters. The molecule has 1 aromatic carbocycles. The topological polar surface area (TPSA) is 73.3 Å². The van der Waals surface area contributed by atoms with E-state index in [-0.39, 0.29) is 0 Å². The van der Waals surface area contributed by atoms with Crippen molar-refractivity contribution in [3.63, 3.8) is 0 Å². The number of anilines is 2. The number of hydrogen-bond acceptors (Lipinski definition) is 6. The molecule has 3 aromatic rings. The van der Waals surface area contributed by atoms with Crippen molar-refractivity contribution in [3.8, 4) is 0 Å². The number of aldehydes is 1. The van der Waals surface area contributed by atoms with Gasteiger partial charge in [-0.25, -0.2) is 4.98 Å². The van der Waals surface area contributed by atoms with E-state index in [1.54, 1.807) is 18.5 Å². The first-order chi connectivity index (χ1) is 13.7. The average molecular weight is 389 g/mol. The third-order valence-electron chi connectivity index (χ3n) is 5.89. The van der Waals surface area contributed by atoms with Crippen molar-refractivity contribution in [1.82, 2.24) is 9.97 Å². The van der Waals surface area contributed by atoms with Crippen LogP contribution in [0.4, 0.5) is 11.5 Å². The van der Waals surface area contributed by atoms with Crippen LogP contribution in [0, 0.1) is 6.92 Å². The van der Waals surface area contributed by atoms with Crippen molar-refractivity contribution in [2.45, 2.75) is 45.8 Å². The first kappa shape index (κ1) is 19.5. The van der Waals surface area contributed by atoms with E-state index in [1.807, 2.05) is 58.9 Å². The maximum atomic E-state index is 11.0. The Kier molecular flexibility index (Phi) is 4.67. The molecule has 29 heavy (non-hydrogen) atoms. The van der Waals surface area contributed by atoms with Gasteiger partial charge in [0.25, 0.3) is 0 Å². The van der Waals surface area contributed by atoms with Crippen LogP contribution in [0.25, 0.3) is 10.9 Å². The fraction of sp³-hybridized carbons (Fsp3) is 0.318. The zero-order valence-electron chi connectivity index (χ0n) is 17.3. The number of benzene rings is 1. The first-order valence-electron chi connectivity index (χ1n) is 9.64. The van der Waals surface area contributed by atoms with E-state index in [0.717, 1.165) is 28.4 Å². The summed E-state index contributed by atoms with van der Waals surface area (Å²) >= 11 is 0. The van der Waals surface area contributed by atoms with Gasteiger partial charge in [0.05, 0.1) is 11.2 Å². The van der Waals surface area contributed by atoms with Crippen LogP contribution in [0.15, 0.2) is 42.7 Å². The maximum Gasteiger partial charge on any atom is 0.495 e. The van der Waals surface area contributed by atoms with Gasteiger partial charge in [0.15, 0.2) is 12.1 Å². The molecule has 6 nitrogen and oxygen atoms in total. The molecule has 0 amide bonds. The molecule has 0 bridgehead atoms. The number of pyridine rings is 2. The minimum Gasteiger partial charge on any atom is -0.399 e. The molecule has 1 fully saturated rings. The highest BCUT2D eigenvalue weighted by Gasteiger charge is 2.52. The van der Waals surface area contributed by atoms with Crippen molar-refractivity contribution in [2.75, 3.05) is 5.32 Å². The van der Waals surface area contributed by atoms with Crippen LogP contribution in [-0.4, -0.2) is 34.6 Å². The van der Waals surface area contributed by atoms with Gasteiger partial charge < -0.3 is 14.6 Å². The normalized spacial score (nSPS) is 17.5. The molecule has 0 aliphatic carbocycles. The highest BCUT2D eigenvalue weighted by Crippen LogP contribution is 2.37. The van der Waals surface area contributed by atoms with Crippen molar-refractivity contribution >= 4 is 41.3 Å². The standard InChI is InChI=1S/C22H24BN3O3/c1-14-17(23-28-21(2,3)22(4,5)29-23)7-6-8-18(14)26-20-19-16(9-10-24-20)11-15(13-27)12-25-19/h6-13H,1-5H3,(H,24,26). The van der Waals surface area contributed by atoms with E-state index in [0.29, 0.717) is 16.9 Å². The number of aromatic nitrogens is 2. The molecule has 1 aliphatic rings. The molecule has 7 heteroatoms. The van der Waals surface area contributed by atoms with Crippen LogP contribution in [0.3, 0.4) is 0 Å². The summed E-state index contributed by atoms with van der Waals surface area (Å²) in [5, 5.41) is 4.24. The van der Waals surface area contributed by atoms with Gasteiger partial charge in [0, 0.05) is 29.0 Å². The molecule has 0 saturated carbocycles. The number of nitrogens with one attached hydrogen (secondary N) is 1. The Morgan fingerprint density at radius 3 is 2.48 bits per heavy atom. The second-order valence-electron chi connectivity index (χ2n) is 8.35. The van der Waals surface area contributed by atoms with Crippen molar-refractivity contribution in [3.05, 3.63) is 53.9 Å². The zero-order chi connectivity index (χ0) is 20.8. The molecular weight excluding hydrogens is 365 g/mol. The second kappa shape index (κ2) is 6.93. The Hall–Kier alpha value is -2.77. The van der Waals surface area contributed by atoms with Crippen molar-refractivity contribution < 1.29 is 14.1 Å². The summed E-state index contributed by atoms with van der Waals surface area (Å²) in [5.74, 6) is 0.633. The van der Waals surface area contributed by atoms with Gasteiger partial charge in [0.1, 0.15) is 5.52 Å². The van der Waals surface area contributed by atoms with Gasteiger partial charge in [-0.1, -0.05) is 12.1 Å². The summed E-state index contributed by atoms with van der Waals surface area (Å²) in [6.45, 7) is 10.2. The van der Waals surface area contributed by atoms with Crippen molar-refractivity contribution in [1.29, 1.82) is 0 Å². The molecule has 4 rings (SSSR count). The van der Waals surface area contributed by atoms with Gasteiger partial charge in [-0.15, -0.1) is 0 Å². The lowest BCUT2D eigenvalue weighted by molar-refractivity contribution is 0.00578. The van der Waals surface area contributed by atoms with E-state index in [2.05, 4.69) is 15.3 Å². The molecule has 1 aliphatic heterocycles. The minimum atomic E-state index is -0.435. The third kappa shape index (κ3) is 3.41. The van der Waals surface area contributed by atoms with Gasteiger partial charge in [-0.2, -0.15) is 0 Å². The third-order valence-corrected chi connectivity index (χ3v) is 5.89. The van der Waals surface area contributed by atoms with E-state index in [1.165, 1.54) is 0 Å². The minimum absolute atomic E-state index is 0.398. The number of rotatable bonds is 4. The average Bonchev–Trinajstić information content (AvgIpc) is 2.90. The number of carbonyl (C=O) groups is 1. The molecule has 1 N–H and O–H groups in total. The van der Waals surface area contributed by atoms with Crippen LogP contribution in [0.1, 0.15) is 43.6 Å². The van der Waals surface area contributed by atoms with E-state index in [4.69, 9.17) is 9.31 Å². The van der Waals surface area contributed by atoms with Gasteiger partial charge in [-0.3, -0.25) is 9.78 Å². The smallest absolute Gasteiger partial charge is 0.399 e. The second-order valence-corrected chi connectivity index (χ2v) is 8.35. The van der Waals surface area contributed by atoms with Gasteiger partial charge in [0.2, 0.25) is 0 Å². The summed E-state index contributed by atoms with van der Waals surface area (Å²) in [5.41, 5.74) is 3.35. The van der Waals surface area contributed by atoms with Crippen LogP contribution in [-0.2, 0) is 9.31 Å².